The van der Waals surface area contributed by atoms with Gasteiger partial charge in [-0.2, -0.15) is 0 Å². The monoisotopic (exact) mass is 357 g/mol. The van der Waals surface area contributed by atoms with Crippen LogP contribution in [0.3, 0.4) is 0 Å². The van der Waals surface area contributed by atoms with Crippen molar-refractivity contribution in [3.8, 4) is 0 Å². The Bertz CT molecular complexity index is 486. The number of ether oxygens (including phenoxy) is 3. The van der Waals surface area contributed by atoms with Crippen LogP contribution in [0.1, 0.15) is 60.8 Å². The number of esters is 2. The first-order chi connectivity index (χ1) is 11.4. The molecule has 0 aromatic rings. The summed E-state index contributed by atoms with van der Waals surface area (Å²) in [6.45, 7) is 11.4. The summed E-state index contributed by atoms with van der Waals surface area (Å²) in [6, 6.07) is 0. The fourth-order valence-electron chi connectivity index (χ4n) is 2.17. The van der Waals surface area contributed by atoms with E-state index in [4.69, 9.17) is 14.2 Å². The predicted molar refractivity (Wildman–Crippen MR) is 92.0 cm³/mol. The zero-order valence-electron chi connectivity index (χ0n) is 16.2. The van der Waals surface area contributed by atoms with Gasteiger partial charge < -0.3 is 19.1 Å². The number of hydrogen-bond acceptors (Lipinski definition) is 6. The van der Waals surface area contributed by atoms with Gasteiger partial charge in [-0.1, -0.05) is 6.92 Å². The quantitative estimate of drug-likeness (QED) is 0.556. The van der Waals surface area contributed by atoms with Gasteiger partial charge >= 0.3 is 18.0 Å². The molecule has 1 saturated heterocycles. The molecule has 0 saturated carbocycles. The lowest BCUT2D eigenvalue weighted by Gasteiger charge is -2.33. The number of carbonyl (C=O) groups excluding carboxylic acids is 3. The maximum absolute atomic E-state index is 12.0. The molecule has 1 heterocycles. The Balaban J connectivity index is 2.33. The van der Waals surface area contributed by atoms with Crippen molar-refractivity contribution < 1.29 is 28.6 Å². The molecule has 0 atom stereocenters. The van der Waals surface area contributed by atoms with Gasteiger partial charge in [0.15, 0.2) is 6.61 Å². The molecule has 0 aromatic carbocycles. The second-order valence-corrected chi connectivity index (χ2v) is 7.97. The molecule has 144 valence electrons. The predicted octanol–water partition coefficient (Wildman–Crippen LogP) is 2.91. The average molecular weight is 357 g/mol. The summed E-state index contributed by atoms with van der Waals surface area (Å²) >= 11 is 0. The summed E-state index contributed by atoms with van der Waals surface area (Å²) in [5, 5.41) is 0. The van der Waals surface area contributed by atoms with Gasteiger partial charge in [-0.15, -0.1) is 0 Å². The van der Waals surface area contributed by atoms with Crippen LogP contribution in [0.15, 0.2) is 0 Å². The summed E-state index contributed by atoms with van der Waals surface area (Å²) in [6.07, 6.45) is 1.08. The Morgan fingerprint density at radius 3 is 2.08 bits per heavy atom. The molecule has 1 aliphatic rings. The average Bonchev–Trinajstić information content (AvgIpc) is 2.51. The molecule has 7 heteroatoms. The summed E-state index contributed by atoms with van der Waals surface area (Å²) in [4.78, 5) is 37.3. The third kappa shape index (κ3) is 7.32. The topological polar surface area (TPSA) is 82.1 Å². The second kappa shape index (κ2) is 8.54. The molecule has 1 aliphatic heterocycles. The van der Waals surface area contributed by atoms with Crippen molar-refractivity contribution in [2.45, 2.75) is 72.5 Å². The van der Waals surface area contributed by atoms with Crippen molar-refractivity contribution >= 4 is 18.0 Å². The van der Waals surface area contributed by atoms with Crippen molar-refractivity contribution in [3.05, 3.63) is 0 Å². The van der Waals surface area contributed by atoms with Crippen molar-refractivity contribution in [2.75, 3.05) is 19.7 Å². The third-order valence-electron chi connectivity index (χ3n) is 4.15. The van der Waals surface area contributed by atoms with Crippen LogP contribution in [-0.4, -0.2) is 54.3 Å². The Labute approximate surface area is 150 Å². The lowest BCUT2D eigenvalue weighted by Crippen LogP contribution is -2.44. The molecule has 1 amide bonds. The fraction of sp³-hybridized carbons (Fsp3) is 0.833. The minimum atomic E-state index is -0.612. The summed E-state index contributed by atoms with van der Waals surface area (Å²) in [7, 11) is 0. The molecule has 0 N–H and O–H groups in total. The summed E-state index contributed by atoms with van der Waals surface area (Å²) < 4.78 is 15.7. The molecule has 0 aromatic heterocycles. The van der Waals surface area contributed by atoms with Crippen LogP contribution in [-0.2, 0) is 23.8 Å². The Morgan fingerprint density at radius 2 is 1.60 bits per heavy atom. The van der Waals surface area contributed by atoms with E-state index in [9.17, 15) is 14.4 Å². The number of nitrogens with zero attached hydrogens (tertiary/aromatic N) is 1. The van der Waals surface area contributed by atoms with Crippen LogP contribution < -0.4 is 0 Å². The molecule has 0 aliphatic carbocycles. The molecule has 0 bridgehead atoms. The highest BCUT2D eigenvalue weighted by Gasteiger charge is 2.30. The van der Waals surface area contributed by atoms with E-state index in [2.05, 4.69) is 0 Å². The van der Waals surface area contributed by atoms with Crippen LogP contribution in [0.4, 0.5) is 4.79 Å². The number of piperidine rings is 1. The first-order valence-electron chi connectivity index (χ1n) is 8.79. The molecule has 7 nitrogen and oxygen atoms in total. The number of amides is 1. The largest absolute Gasteiger partial charge is 0.460 e. The van der Waals surface area contributed by atoms with E-state index in [1.54, 1.807) is 18.7 Å². The smallest absolute Gasteiger partial charge is 0.410 e. The summed E-state index contributed by atoms with van der Waals surface area (Å²) in [5.74, 6) is -0.970. The molecule has 25 heavy (non-hydrogen) atoms. The fourth-order valence-corrected chi connectivity index (χ4v) is 2.17. The van der Waals surface area contributed by atoms with E-state index < -0.39 is 23.0 Å². The number of rotatable bonds is 5. The molecule has 0 unspecified atom stereocenters. The number of carbonyl (C=O) groups is 3. The van der Waals surface area contributed by atoms with E-state index in [0.29, 0.717) is 32.4 Å². The van der Waals surface area contributed by atoms with Crippen LogP contribution in [0.2, 0.25) is 0 Å². The molecular formula is C18H31NO6. The SMILES string of the molecule is CCC(C)(C)C(=O)OCC(=O)OC1CCN(C(=O)OC(C)(C)C)CC1. The Hall–Kier alpha value is -1.79. The van der Waals surface area contributed by atoms with Gasteiger partial charge in [-0.3, -0.25) is 4.79 Å². The third-order valence-corrected chi connectivity index (χ3v) is 4.15. The molecule has 0 spiro atoms. The highest BCUT2D eigenvalue weighted by atomic mass is 16.6. The van der Waals surface area contributed by atoms with Crippen LogP contribution in [0, 0.1) is 5.41 Å². The van der Waals surface area contributed by atoms with E-state index in [-0.39, 0.29) is 18.8 Å². The van der Waals surface area contributed by atoms with Gasteiger partial charge in [0, 0.05) is 25.9 Å². The standard InChI is InChI=1S/C18H31NO6/c1-7-18(5,6)15(21)23-12-14(20)24-13-8-10-19(11-9-13)16(22)25-17(2,3)4/h13H,7-12H2,1-6H3. The lowest BCUT2D eigenvalue weighted by atomic mass is 9.91. The van der Waals surface area contributed by atoms with Crippen LogP contribution in [0.25, 0.3) is 0 Å². The first kappa shape index (κ1) is 21.3. The van der Waals surface area contributed by atoms with E-state index in [1.165, 1.54) is 0 Å². The van der Waals surface area contributed by atoms with E-state index in [0.717, 1.165) is 0 Å². The van der Waals surface area contributed by atoms with Crippen molar-refractivity contribution in [3.63, 3.8) is 0 Å². The molecule has 1 rings (SSSR count). The minimum absolute atomic E-state index is 0.274. The number of hydrogen-bond donors (Lipinski definition) is 0. The Morgan fingerprint density at radius 1 is 1.04 bits per heavy atom. The van der Waals surface area contributed by atoms with Gasteiger partial charge in [0.1, 0.15) is 11.7 Å². The first-order valence-corrected chi connectivity index (χ1v) is 8.79. The highest BCUT2D eigenvalue weighted by Crippen LogP contribution is 2.21. The van der Waals surface area contributed by atoms with Crippen LogP contribution >= 0.6 is 0 Å². The summed E-state index contributed by atoms with van der Waals surface area (Å²) in [5.41, 5.74) is -1.14. The molecular weight excluding hydrogens is 326 g/mol. The van der Waals surface area contributed by atoms with Gasteiger partial charge in [-0.05, 0) is 41.0 Å². The maximum atomic E-state index is 12.0. The Kier molecular flexibility index (Phi) is 7.26. The van der Waals surface area contributed by atoms with Crippen LogP contribution in [0.5, 0.6) is 0 Å². The maximum Gasteiger partial charge on any atom is 0.410 e. The normalized spacial score (nSPS) is 16.3. The van der Waals surface area contributed by atoms with Gasteiger partial charge in [0.05, 0.1) is 5.41 Å². The number of likely N-dealkylation sites (tertiary alicyclic amines) is 1. The zero-order valence-corrected chi connectivity index (χ0v) is 16.2. The molecule has 1 fully saturated rings. The molecule has 0 radical (unpaired) electrons. The second-order valence-electron chi connectivity index (χ2n) is 7.97. The highest BCUT2D eigenvalue weighted by molar-refractivity contribution is 5.79. The lowest BCUT2D eigenvalue weighted by molar-refractivity contribution is -0.168. The van der Waals surface area contributed by atoms with Gasteiger partial charge in [0.2, 0.25) is 0 Å². The minimum Gasteiger partial charge on any atom is -0.460 e. The van der Waals surface area contributed by atoms with Gasteiger partial charge in [0.25, 0.3) is 0 Å². The van der Waals surface area contributed by atoms with Crippen molar-refractivity contribution in [2.24, 2.45) is 5.41 Å². The van der Waals surface area contributed by atoms with Gasteiger partial charge in [-0.25, -0.2) is 9.59 Å². The van der Waals surface area contributed by atoms with E-state index in [1.807, 2.05) is 27.7 Å². The van der Waals surface area contributed by atoms with E-state index >= 15 is 0 Å². The van der Waals surface area contributed by atoms with Crippen molar-refractivity contribution in [1.82, 2.24) is 4.90 Å². The van der Waals surface area contributed by atoms with Crippen molar-refractivity contribution in [1.29, 1.82) is 0 Å². The zero-order chi connectivity index (χ0) is 19.3.